The average molecular weight is 464 g/mol. The molecule has 0 unspecified atom stereocenters. The number of hydrogen-bond donors (Lipinski definition) is 2. The van der Waals surface area contributed by atoms with E-state index in [1.54, 1.807) is 42.5 Å². The highest BCUT2D eigenvalue weighted by atomic mass is 32.2. The molecule has 0 aliphatic heterocycles. The number of anilines is 2. The molecule has 0 bridgehead atoms. The van der Waals surface area contributed by atoms with Crippen molar-refractivity contribution in [2.45, 2.75) is 36.6 Å². The van der Waals surface area contributed by atoms with Crippen LogP contribution >= 0.6 is 0 Å². The van der Waals surface area contributed by atoms with Crippen molar-refractivity contribution in [1.82, 2.24) is 14.5 Å². The number of nitrogens with one attached hydrogen (secondary N) is 1. The van der Waals surface area contributed by atoms with Crippen molar-refractivity contribution in [3.63, 3.8) is 0 Å². The molecule has 2 aromatic carbocycles. The van der Waals surface area contributed by atoms with E-state index < -0.39 is 10.0 Å². The fourth-order valence-electron chi connectivity index (χ4n) is 4.55. The minimum atomic E-state index is -3.79. The van der Waals surface area contributed by atoms with Crippen LogP contribution < -0.4 is 15.2 Å². The Labute approximate surface area is 192 Å². The zero-order valence-corrected chi connectivity index (χ0v) is 19.0. The second-order valence-electron chi connectivity index (χ2n) is 8.18. The quantitative estimate of drug-likeness (QED) is 0.432. The fraction of sp³-hybridized carbons (Fsp3) is 0.250. The van der Waals surface area contributed by atoms with Crippen molar-refractivity contribution in [2.24, 2.45) is 0 Å². The number of sulfonamides is 1. The molecule has 0 amide bonds. The number of hydrogen-bond acceptors (Lipinski definition) is 6. The molecule has 4 aromatic rings. The van der Waals surface area contributed by atoms with Gasteiger partial charge in [0.1, 0.15) is 23.5 Å². The van der Waals surface area contributed by atoms with Gasteiger partial charge in [0.25, 0.3) is 10.0 Å². The lowest BCUT2D eigenvalue weighted by Gasteiger charge is -2.14. The minimum Gasteiger partial charge on any atom is -0.495 e. The number of nitrogen functional groups attached to an aromatic ring is 1. The Balaban J connectivity index is 1.62. The smallest absolute Gasteiger partial charge is 0.262 e. The van der Waals surface area contributed by atoms with Gasteiger partial charge in [-0.2, -0.15) is 0 Å². The van der Waals surface area contributed by atoms with Crippen molar-refractivity contribution in [1.29, 1.82) is 0 Å². The second-order valence-corrected chi connectivity index (χ2v) is 9.86. The van der Waals surface area contributed by atoms with E-state index in [-0.39, 0.29) is 4.90 Å². The molecule has 0 saturated heterocycles. The van der Waals surface area contributed by atoms with Crippen LogP contribution in [-0.2, 0) is 10.0 Å². The summed E-state index contributed by atoms with van der Waals surface area (Å²) in [5, 5.41) is 0.770. The normalized spacial score (nSPS) is 14.6. The van der Waals surface area contributed by atoms with Gasteiger partial charge in [0.15, 0.2) is 0 Å². The Morgan fingerprint density at radius 2 is 1.85 bits per heavy atom. The number of benzene rings is 2. The lowest BCUT2D eigenvalue weighted by Crippen LogP contribution is -2.13. The lowest BCUT2D eigenvalue weighted by atomic mass is 10.1. The summed E-state index contributed by atoms with van der Waals surface area (Å²) in [6, 6.07) is 14.0. The molecule has 1 fully saturated rings. The fourth-order valence-corrected chi connectivity index (χ4v) is 5.63. The number of nitrogens with zero attached hydrogens (tertiary/aromatic N) is 3. The predicted molar refractivity (Wildman–Crippen MR) is 129 cm³/mol. The van der Waals surface area contributed by atoms with E-state index >= 15 is 0 Å². The van der Waals surface area contributed by atoms with Crippen LogP contribution in [0.25, 0.3) is 22.2 Å². The van der Waals surface area contributed by atoms with Crippen molar-refractivity contribution in [2.75, 3.05) is 17.6 Å². The summed E-state index contributed by atoms with van der Waals surface area (Å²) >= 11 is 0. The van der Waals surface area contributed by atoms with Gasteiger partial charge in [0.05, 0.1) is 23.1 Å². The van der Waals surface area contributed by atoms with Gasteiger partial charge >= 0.3 is 0 Å². The lowest BCUT2D eigenvalue weighted by molar-refractivity contribution is 0.417. The number of rotatable bonds is 6. The van der Waals surface area contributed by atoms with Gasteiger partial charge < -0.3 is 15.0 Å². The van der Waals surface area contributed by atoms with Crippen LogP contribution in [0, 0.1) is 0 Å². The highest BCUT2D eigenvalue weighted by Gasteiger charge is 2.24. The van der Waals surface area contributed by atoms with Gasteiger partial charge in [0, 0.05) is 17.8 Å². The highest BCUT2D eigenvalue weighted by Crippen LogP contribution is 2.40. The molecular formula is C24H25N5O3S. The molecule has 33 heavy (non-hydrogen) atoms. The van der Waals surface area contributed by atoms with Crippen molar-refractivity contribution in [3.05, 3.63) is 61.1 Å². The molecule has 9 heteroatoms. The van der Waals surface area contributed by atoms with Crippen molar-refractivity contribution >= 4 is 32.6 Å². The Morgan fingerprint density at radius 3 is 2.58 bits per heavy atom. The van der Waals surface area contributed by atoms with Crippen LogP contribution in [0.15, 0.2) is 66.0 Å². The van der Waals surface area contributed by atoms with Crippen LogP contribution in [0.5, 0.6) is 5.75 Å². The van der Waals surface area contributed by atoms with E-state index in [9.17, 15) is 8.42 Å². The first-order valence-corrected chi connectivity index (χ1v) is 12.3. The molecule has 170 valence electrons. The molecule has 8 nitrogen and oxygen atoms in total. The Bertz CT molecular complexity index is 1410. The van der Waals surface area contributed by atoms with E-state index in [0.717, 1.165) is 35.0 Å². The largest absolute Gasteiger partial charge is 0.495 e. The SMILES string of the molecule is COc1ccc(-c2cn(C3CCCC3)c3ncnc(N)c23)cc1NS(=O)(=O)c1ccccc1. The first-order chi connectivity index (χ1) is 16.0. The number of methoxy groups -OCH3 is 1. The Morgan fingerprint density at radius 1 is 1.09 bits per heavy atom. The molecule has 3 N–H and O–H groups in total. The molecule has 0 spiro atoms. The van der Waals surface area contributed by atoms with E-state index in [1.807, 2.05) is 6.07 Å². The van der Waals surface area contributed by atoms with Crippen molar-refractivity contribution in [3.8, 4) is 16.9 Å². The third kappa shape index (κ3) is 3.89. The van der Waals surface area contributed by atoms with E-state index in [1.165, 1.54) is 26.3 Å². The average Bonchev–Trinajstić information content (AvgIpc) is 3.48. The maximum Gasteiger partial charge on any atom is 0.262 e. The highest BCUT2D eigenvalue weighted by molar-refractivity contribution is 7.92. The molecule has 2 heterocycles. The zero-order chi connectivity index (χ0) is 23.0. The number of fused-ring (bicyclic) bond motifs is 1. The van der Waals surface area contributed by atoms with Gasteiger partial charge in [0.2, 0.25) is 0 Å². The minimum absolute atomic E-state index is 0.174. The van der Waals surface area contributed by atoms with E-state index in [2.05, 4.69) is 25.5 Å². The van der Waals surface area contributed by atoms with Gasteiger partial charge in [-0.05, 0) is 42.7 Å². The van der Waals surface area contributed by atoms with Gasteiger partial charge in [-0.15, -0.1) is 0 Å². The Hall–Kier alpha value is -3.59. The first-order valence-electron chi connectivity index (χ1n) is 10.9. The third-order valence-electron chi connectivity index (χ3n) is 6.17. The molecular weight excluding hydrogens is 438 g/mol. The van der Waals surface area contributed by atoms with Gasteiger partial charge in [-0.1, -0.05) is 37.1 Å². The molecule has 5 rings (SSSR count). The summed E-state index contributed by atoms with van der Waals surface area (Å²) in [5.41, 5.74) is 9.07. The van der Waals surface area contributed by atoms with E-state index in [4.69, 9.17) is 10.5 Å². The standard InChI is InChI=1S/C24H25N5O3S/c1-32-21-12-11-16(13-20(21)28-33(30,31)18-9-3-2-4-10-18)19-14-29(17-7-5-6-8-17)24-22(19)23(25)26-15-27-24/h2-4,9-15,17,28H,5-8H2,1H3,(H2,25,26,27). The molecule has 2 aromatic heterocycles. The zero-order valence-electron chi connectivity index (χ0n) is 18.2. The molecule has 0 atom stereocenters. The second kappa shape index (κ2) is 8.40. The summed E-state index contributed by atoms with van der Waals surface area (Å²) in [5.74, 6) is 0.816. The molecule has 0 radical (unpaired) electrons. The topological polar surface area (TPSA) is 112 Å². The maximum absolute atomic E-state index is 13.0. The first kappa shape index (κ1) is 21.3. The summed E-state index contributed by atoms with van der Waals surface area (Å²) in [7, 11) is -2.28. The number of aromatic nitrogens is 3. The van der Waals surface area contributed by atoms with Crippen molar-refractivity contribution < 1.29 is 13.2 Å². The van der Waals surface area contributed by atoms with Gasteiger partial charge in [-0.25, -0.2) is 18.4 Å². The molecule has 1 aliphatic rings. The molecule has 1 aliphatic carbocycles. The van der Waals surface area contributed by atoms with Gasteiger partial charge in [-0.3, -0.25) is 4.72 Å². The summed E-state index contributed by atoms with van der Waals surface area (Å²) < 4.78 is 36.2. The number of ether oxygens (including phenoxy) is 1. The van der Waals surface area contributed by atoms with Crippen LogP contribution in [0.1, 0.15) is 31.7 Å². The van der Waals surface area contributed by atoms with E-state index in [0.29, 0.717) is 23.3 Å². The van der Waals surface area contributed by atoms with Crippen LogP contribution in [0.2, 0.25) is 0 Å². The van der Waals surface area contributed by atoms with Crippen LogP contribution in [0.4, 0.5) is 11.5 Å². The summed E-state index contributed by atoms with van der Waals surface area (Å²) in [6.45, 7) is 0. The summed E-state index contributed by atoms with van der Waals surface area (Å²) in [6.07, 6.45) is 8.11. The number of nitrogens with two attached hydrogens (primary N) is 1. The third-order valence-corrected chi connectivity index (χ3v) is 7.55. The summed E-state index contributed by atoms with van der Waals surface area (Å²) in [4.78, 5) is 8.90. The predicted octanol–water partition coefficient (Wildman–Crippen LogP) is 4.61. The maximum atomic E-state index is 13.0. The van der Waals surface area contributed by atoms with Crippen LogP contribution in [0.3, 0.4) is 0 Å². The van der Waals surface area contributed by atoms with Crippen LogP contribution in [-0.4, -0.2) is 30.1 Å². The monoisotopic (exact) mass is 463 g/mol. The molecule has 1 saturated carbocycles. The Kier molecular flexibility index (Phi) is 5.41.